The van der Waals surface area contributed by atoms with Crippen LogP contribution in [0, 0.1) is 6.92 Å². The van der Waals surface area contributed by atoms with Gasteiger partial charge in [0.15, 0.2) is 5.82 Å². The largest absolute Gasteiger partial charge is 0.374 e. The first kappa shape index (κ1) is 15.0. The molecule has 1 aromatic carbocycles. The van der Waals surface area contributed by atoms with Crippen molar-refractivity contribution in [3.63, 3.8) is 0 Å². The summed E-state index contributed by atoms with van der Waals surface area (Å²) in [5, 5.41) is 7.06. The van der Waals surface area contributed by atoms with Crippen LogP contribution in [0.3, 0.4) is 0 Å². The van der Waals surface area contributed by atoms with Gasteiger partial charge in [-0.3, -0.25) is 4.79 Å². The van der Waals surface area contributed by atoms with Gasteiger partial charge in [0.1, 0.15) is 6.04 Å². The van der Waals surface area contributed by atoms with Crippen LogP contribution >= 0.6 is 0 Å². The third kappa shape index (κ3) is 4.05. The van der Waals surface area contributed by atoms with Crippen LogP contribution in [0.4, 0.5) is 5.69 Å². The van der Waals surface area contributed by atoms with E-state index < -0.39 is 0 Å². The van der Waals surface area contributed by atoms with Gasteiger partial charge in [-0.15, -0.1) is 0 Å². The highest BCUT2D eigenvalue weighted by atomic mass is 16.5. The minimum Gasteiger partial charge on any atom is -0.374 e. The van der Waals surface area contributed by atoms with Gasteiger partial charge in [0.2, 0.25) is 11.8 Å². The second kappa shape index (κ2) is 6.39. The molecule has 1 atom stereocenters. The number of aryl methyl sites for hydroxylation is 1. The number of benzene rings is 1. The van der Waals surface area contributed by atoms with Crippen molar-refractivity contribution in [3.05, 3.63) is 41.5 Å². The zero-order chi connectivity index (χ0) is 15.4. The highest BCUT2D eigenvalue weighted by Gasteiger charge is 2.12. The fourth-order valence-corrected chi connectivity index (χ4v) is 1.85. The molecule has 1 heterocycles. The molecule has 1 unspecified atom stereocenters. The number of rotatable bonds is 5. The topological polar surface area (TPSA) is 71.3 Å². The van der Waals surface area contributed by atoms with Crippen molar-refractivity contribution in [2.75, 3.05) is 19.4 Å². The summed E-state index contributed by atoms with van der Waals surface area (Å²) in [7, 11) is 3.51. The Morgan fingerprint density at radius 3 is 2.52 bits per heavy atom. The van der Waals surface area contributed by atoms with Crippen LogP contribution in [0.5, 0.6) is 0 Å². The Morgan fingerprint density at radius 1 is 1.33 bits per heavy atom. The average molecular weight is 288 g/mol. The van der Waals surface area contributed by atoms with Gasteiger partial charge in [-0.2, -0.15) is 4.98 Å². The van der Waals surface area contributed by atoms with Gasteiger partial charge in [0.25, 0.3) is 0 Å². The Morgan fingerprint density at radius 2 is 2.00 bits per heavy atom. The van der Waals surface area contributed by atoms with E-state index in [1.54, 1.807) is 25.9 Å². The first-order chi connectivity index (χ1) is 9.95. The second-order valence-corrected chi connectivity index (χ2v) is 5.21. The summed E-state index contributed by atoms with van der Waals surface area (Å²) < 4.78 is 5.13. The molecule has 6 nitrogen and oxygen atoms in total. The van der Waals surface area contributed by atoms with E-state index in [4.69, 9.17) is 4.52 Å². The van der Waals surface area contributed by atoms with Crippen molar-refractivity contribution in [3.8, 4) is 0 Å². The lowest BCUT2D eigenvalue weighted by Gasteiger charge is -2.13. The molecule has 0 saturated heterocycles. The Bertz CT molecular complexity index is 604. The zero-order valence-corrected chi connectivity index (χ0v) is 12.8. The molecule has 0 radical (unpaired) electrons. The summed E-state index contributed by atoms with van der Waals surface area (Å²) >= 11 is 0. The van der Waals surface area contributed by atoms with Gasteiger partial charge < -0.3 is 14.7 Å². The number of amides is 1. The van der Waals surface area contributed by atoms with Crippen molar-refractivity contribution < 1.29 is 9.32 Å². The molecule has 1 N–H and O–H groups in total. The number of carbonyl (C=O) groups excluding carboxylic acids is 1. The molecule has 2 aromatic rings. The molecular weight excluding hydrogens is 268 g/mol. The van der Waals surface area contributed by atoms with E-state index in [-0.39, 0.29) is 11.9 Å². The van der Waals surface area contributed by atoms with Gasteiger partial charge in [-0.1, -0.05) is 17.3 Å². The molecule has 6 heteroatoms. The van der Waals surface area contributed by atoms with Gasteiger partial charge in [-0.25, -0.2) is 0 Å². The van der Waals surface area contributed by atoms with E-state index in [9.17, 15) is 4.79 Å². The Hall–Kier alpha value is -2.37. The molecule has 0 spiro atoms. The second-order valence-electron chi connectivity index (χ2n) is 5.21. The molecular formula is C15H20N4O2. The summed E-state index contributed by atoms with van der Waals surface area (Å²) in [6.45, 7) is 3.74. The molecule has 21 heavy (non-hydrogen) atoms. The van der Waals surface area contributed by atoms with Crippen molar-refractivity contribution in [2.45, 2.75) is 26.3 Å². The summed E-state index contributed by atoms with van der Waals surface area (Å²) in [5.41, 5.74) is 1.93. The van der Waals surface area contributed by atoms with Crippen molar-refractivity contribution in [1.29, 1.82) is 0 Å². The zero-order valence-electron chi connectivity index (χ0n) is 12.8. The van der Waals surface area contributed by atoms with Crippen LogP contribution in [0.2, 0.25) is 0 Å². The smallest absolute Gasteiger partial charge is 0.248 e. The highest BCUT2D eigenvalue weighted by Crippen LogP contribution is 2.18. The molecule has 0 bridgehead atoms. The van der Waals surface area contributed by atoms with Gasteiger partial charge in [-0.05, 0) is 31.5 Å². The van der Waals surface area contributed by atoms with Crippen molar-refractivity contribution in [2.24, 2.45) is 0 Å². The summed E-state index contributed by atoms with van der Waals surface area (Å²) in [6.07, 6.45) is 0.408. The number of anilines is 1. The lowest BCUT2D eigenvalue weighted by Crippen LogP contribution is -2.23. The number of nitrogens with one attached hydrogen (secondary N) is 1. The van der Waals surface area contributed by atoms with E-state index in [0.29, 0.717) is 18.1 Å². The monoisotopic (exact) mass is 288 g/mol. The molecule has 0 fully saturated rings. The molecule has 0 saturated carbocycles. The maximum atomic E-state index is 11.6. The van der Waals surface area contributed by atoms with Crippen LogP contribution in [0.1, 0.15) is 30.2 Å². The number of aromatic nitrogens is 2. The third-order valence-corrected chi connectivity index (χ3v) is 3.10. The quantitative estimate of drug-likeness (QED) is 0.913. The lowest BCUT2D eigenvalue weighted by atomic mass is 10.1. The van der Waals surface area contributed by atoms with Gasteiger partial charge in [0.05, 0.1) is 6.42 Å². The molecule has 2 rings (SSSR count). The Balaban J connectivity index is 1.97. The fourth-order valence-electron chi connectivity index (χ4n) is 1.85. The number of likely N-dealkylation sites (N-methyl/N-ethyl adjacent to an activating group) is 1. The number of carbonyl (C=O) groups is 1. The molecule has 1 aromatic heterocycles. The van der Waals surface area contributed by atoms with Gasteiger partial charge in [0, 0.05) is 19.8 Å². The van der Waals surface area contributed by atoms with E-state index in [2.05, 4.69) is 15.5 Å². The summed E-state index contributed by atoms with van der Waals surface area (Å²) in [4.78, 5) is 17.4. The van der Waals surface area contributed by atoms with E-state index in [1.165, 1.54) is 0 Å². The molecule has 0 aliphatic heterocycles. The lowest BCUT2D eigenvalue weighted by molar-refractivity contribution is -0.127. The minimum absolute atomic E-state index is 0.0690. The van der Waals surface area contributed by atoms with Crippen LogP contribution < -0.4 is 5.32 Å². The number of hydrogen-bond acceptors (Lipinski definition) is 5. The van der Waals surface area contributed by atoms with Gasteiger partial charge >= 0.3 is 0 Å². The number of nitrogens with zero attached hydrogens (tertiary/aromatic N) is 3. The number of hydrogen-bond donors (Lipinski definition) is 1. The minimum atomic E-state index is -0.0690. The maximum absolute atomic E-state index is 11.6. The predicted molar refractivity (Wildman–Crippen MR) is 79.9 cm³/mol. The molecule has 0 aliphatic rings. The van der Waals surface area contributed by atoms with Crippen molar-refractivity contribution >= 4 is 11.6 Å². The predicted octanol–water partition coefficient (Wildman–Crippen LogP) is 2.18. The third-order valence-electron chi connectivity index (χ3n) is 3.10. The van der Waals surface area contributed by atoms with E-state index in [1.807, 2.05) is 31.2 Å². The van der Waals surface area contributed by atoms with E-state index >= 15 is 0 Å². The molecule has 0 aliphatic carbocycles. The Kier molecular flexibility index (Phi) is 4.57. The maximum Gasteiger partial charge on any atom is 0.248 e. The average Bonchev–Trinajstić information content (AvgIpc) is 2.87. The first-order valence-corrected chi connectivity index (χ1v) is 6.81. The van der Waals surface area contributed by atoms with Crippen LogP contribution in [0.15, 0.2) is 28.8 Å². The normalized spacial score (nSPS) is 12.0. The van der Waals surface area contributed by atoms with E-state index in [0.717, 1.165) is 11.3 Å². The fraction of sp³-hybridized carbons (Fsp3) is 0.400. The summed E-state index contributed by atoms with van der Waals surface area (Å²) in [5.74, 6) is 1.26. The summed E-state index contributed by atoms with van der Waals surface area (Å²) in [6, 6.07) is 7.70. The SMILES string of the molecule is Cc1noc(C(C)Nc2ccc(CC(=O)N(C)C)cc2)n1. The van der Waals surface area contributed by atoms with Crippen LogP contribution in [0.25, 0.3) is 0 Å². The molecule has 112 valence electrons. The van der Waals surface area contributed by atoms with Crippen molar-refractivity contribution in [1.82, 2.24) is 15.0 Å². The first-order valence-electron chi connectivity index (χ1n) is 6.81. The highest BCUT2D eigenvalue weighted by molar-refractivity contribution is 5.78. The Labute approximate surface area is 124 Å². The van der Waals surface area contributed by atoms with Crippen LogP contribution in [-0.2, 0) is 11.2 Å². The van der Waals surface area contributed by atoms with Crippen LogP contribution in [-0.4, -0.2) is 35.0 Å². The standard InChI is InChI=1S/C15H20N4O2/c1-10(15-17-11(2)18-21-15)16-13-7-5-12(6-8-13)9-14(20)19(3)4/h5-8,10,16H,9H2,1-4H3. The molecule has 1 amide bonds.